The molecule has 0 saturated carbocycles. The summed E-state index contributed by atoms with van der Waals surface area (Å²) in [6.07, 6.45) is 3.72. The molecule has 0 aromatic heterocycles. The van der Waals surface area contributed by atoms with Gasteiger partial charge in [-0.05, 0) is 6.42 Å². The first kappa shape index (κ1) is 16.6. The van der Waals surface area contributed by atoms with Gasteiger partial charge in [0.15, 0.2) is 0 Å². The fourth-order valence-electron chi connectivity index (χ4n) is 0.957. The fourth-order valence-corrected chi connectivity index (χ4v) is 0.957. The van der Waals surface area contributed by atoms with Crippen molar-refractivity contribution in [1.82, 2.24) is 0 Å². The minimum Gasteiger partial charge on any atom is -0.478 e. The number of carboxylic acid groups (broad SMARTS) is 1. The molecule has 0 spiro atoms. The summed E-state index contributed by atoms with van der Waals surface area (Å²) in [5.41, 5.74) is 0. The first-order valence-electron chi connectivity index (χ1n) is 5.90. The van der Waals surface area contributed by atoms with Crippen molar-refractivity contribution in [3.05, 3.63) is 12.2 Å². The molecule has 0 bridgehead atoms. The van der Waals surface area contributed by atoms with Gasteiger partial charge in [0, 0.05) is 18.8 Å². The van der Waals surface area contributed by atoms with E-state index < -0.39 is 11.9 Å². The van der Waals surface area contributed by atoms with Gasteiger partial charge in [-0.2, -0.15) is 0 Å². The summed E-state index contributed by atoms with van der Waals surface area (Å²) in [5, 5.41) is 8.26. The quantitative estimate of drug-likeness (QED) is 0.339. The Morgan fingerprint density at radius 1 is 1.00 bits per heavy atom. The van der Waals surface area contributed by atoms with Crippen LogP contribution in [0.25, 0.3) is 0 Å². The minimum atomic E-state index is -1.19. The summed E-state index contributed by atoms with van der Waals surface area (Å²) in [6.45, 7) is 4.16. The number of carboxylic acids is 1. The number of carbonyl (C=O) groups excluding carboxylic acids is 1. The number of hydrogen-bond donors (Lipinski definition) is 1. The second-order valence-electron chi connectivity index (χ2n) is 3.42. The number of rotatable bonds is 11. The number of carbonyl (C=O) groups is 2. The van der Waals surface area contributed by atoms with Crippen molar-refractivity contribution in [1.29, 1.82) is 0 Å². The molecular formula is C12H20O6. The van der Waals surface area contributed by atoms with Crippen molar-refractivity contribution >= 4 is 11.9 Å². The average molecular weight is 260 g/mol. The van der Waals surface area contributed by atoms with Gasteiger partial charge in [0.2, 0.25) is 0 Å². The zero-order chi connectivity index (χ0) is 13.6. The van der Waals surface area contributed by atoms with E-state index in [0.29, 0.717) is 13.2 Å². The maximum atomic E-state index is 10.9. The molecule has 0 fully saturated rings. The molecule has 0 saturated heterocycles. The van der Waals surface area contributed by atoms with Crippen LogP contribution in [0.5, 0.6) is 0 Å². The van der Waals surface area contributed by atoms with Gasteiger partial charge in [-0.3, -0.25) is 0 Å². The Kier molecular flexibility index (Phi) is 11.1. The van der Waals surface area contributed by atoms with E-state index >= 15 is 0 Å². The molecule has 18 heavy (non-hydrogen) atoms. The topological polar surface area (TPSA) is 82.1 Å². The Morgan fingerprint density at radius 3 is 2.22 bits per heavy atom. The molecule has 0 aliphatic carbocycles. The van der Waals surface area contributed by atoms with Gasteiger partial charge in [0.05, 0.1) is 19.8 Å². The fraction of sp³-hybridized carbons (Fsp3) is 0.667. The second-order valence-corrected chi connectivity index (χ2v) is 3.42. The van der Waals surface area contributed by atoms with Crippen molar-refractivity contribution < 1.29 is 28.9 Å². The zero-order valence-electron chi connectivity index (χ0n) is 10.6. The molecule has 1 N–H and O–H groups in total. The van der Waals surface area contributed by atoms with Crippen LogP contribution in [0.15, 0.2) is 12.2 Å². The van der Waals surface area contributed by atoms with Crippen molar-refractivity contribution in [2.24, 2.45) is 0 Å². The summed E-state index contributed by atoms with van der Waals surface area (Å²) in [4.78, 5) is 21.0. The standard InChI is InChI=1S/C12H20O6/c1-2-3-6-16-7-8-17-9-10-18-12(15)5-4-11(13)14/h4-5H,2-3,6-10H2,1H3,(H,13,14)/b5-4-. The minimum absolute atomic E-state index is 0.0950. The van der Waals surface area contributed by atoms with Crippen LogP contribution in [0, 0.1) is 0 Å². The molecule has 0 aromatic rings. The summed E-state index contributed by atoms with van der Waals surface area (Å²) in [5.74, 6) is -1.88. The van der Waals surface area contributed by atoms with E-state index in [9.17, 15) is 9.59 Å². The molecular weight excluding hydrogens is 240 g/mol. The van der Waals surface area contributed by atoms with E-state index in [-0.39, 0.29) is 13.2 Å². The summed E-state index contributed by atoms with van der Waals surface area (Å²) < 4.78 is 15.1. The largest absolute Gasteiger partial charge is 0.478 e. The van der Waals surface area contributed by atoms with E-state index in [4.69, 9.17) is 14.6 Å². The summed E-state index contributed by atoms with van der Waals surface area (Å²) in [6, 6.07) is 0. The van der Waals surface area contributed by atoms with E-state index in [2.05, 4.69) is 11.7 Å². The molecule has 0 amide bonds. The van der Waals surface area contributed by atoms with Crippen LogP contribution in [0.4, 0.5) is 0 Å². The molecule has 6 nitrogen and oxygen atoms in total. The maximum Gasteiger partial charge on any atom is 0.331 e. The Hall–Kier alpha value is -1.40. The lowest BCUT2D eigenvalue weighted by Gasteiger charge is -2.05. The first-order valence-corrected chi connectivity index (χ1v) is 5.90. The number of esters is 1. The van der Waals surface area contributed by atoms with Crippen molar-refractivity contribution in [2.45, 2.75) is 19.8 Å². The molecule has 0 radical (unpaired) electrons. The van der Waals surface area contributed by atoms with Crippen LogP contribution in [0.3, 0.4) is 0 Å². The highest BCUT2D eigenvalue weighted by Gasteiger charge is 1.98. The highest BCUT2D eigenvalue weighted by Crippen LogP contribution is 1.88. The van der Waals surface area contributed by atoms with Crippen molar-refractivity contribution in [3.63, 3.8) is 0 Å². The molecule has 6 heteroatoms. The van der Waals surface area contributed by atoms with Crippen LogP contribution in [0.2, 0.25) is 0 Å². The van der Waals surface area contributed by atoms with E-state index in [1.165, 1.54) is 0 Å². The van der Waals surface area contributed by atoms with Crippen LogP contribution >= 0.6 is 0 Å². The third-order valence-corrected chi connectivity index (χ3v) is 1.85. The number of unbranched alkanes of at least 4 members (excludes halogenated alkanes) is 1. The zero-order valence-corrected chi connectivity index (χ0v) is 10.6. The van der Waals surface area contributed by atoms with Gasteiger partial charge in [0.1, 0.15) is 6.61 Å². The Labute approximate surface area is 107 Å². The molecule has 0 aliphatic heterocycles. The van der Waals surface area contributed by atoms with E-state index in [1.54, 1.807) is 0 Å². The smallest absolute Gasteiger partial charge is 0.331 e. The monoisotopic (exact) mass is 260 g/mol. The first-order chi connectivity index (χ1) is 8.66. The Balaban J connectivity index is 3.25. The molecule has 0 heterocycles. The van der Waals surface area contributed by atoms with Gasteiger partial charge in [0.25, 0.3) is 0 Å². The lowest BCUT2D eigenvalue weighted by atomic mass is 10.4. The number of aliphatic carboxylic acids is 1. The highest BCUT2D eigenvalue weighted by molar-refractivity contribution is 5.90. The van der Waals surface area contributed by atoms with Gasteiger partial charge in [-0.15, -0.1) is 0 Å². The van der Waals surface area contributed by atoms with E-state index in [1.807, 2.05) is 0 Å². The van der Waals surface area contributed by atoms with Gasteiger partial charge in [-0.1, -0.05) is 13.3 Å². The summed E-state index contributed by atoms with van der Waals surface area (Å²) in [7, 11) is 0. The molecule has 0 unspecified atom stereocenters. The maximum absolute atomic E-state index is 10.9. The third-order valence-electron chi connectivity index (χ3n) is 1.85. The molecule has 0 aliphatic rings. The average Bonchev–Trinajstić information content (AvgIpc) is 2.34. The van der Waals surface area contributed by atoms with Crippen molar-refractivity contribution in [3.8, 4) is 0 Å². The van der Waals surface area contributed by atoms with Crippen molar-refractivity contribution in [2.75, 3.05) is 33.0 Å². The van der Waals surface area contributed by atoms with Crippen LogP contribution in [0.1, 0.15) is 19.8 Å². The van der Waals surface area contributed by atoms with Crippen LogP contribution in [-0.4, -0.2) is 50.1 Å². The highest BCUT2D eigenvalue weighted by atomic mass is 16.6. The van der Waals surface area contributed by atoms with Gasteiger partial charge in [-0.25, -0.2) is 9.59 Å². The molecule has 0 rings (SSSR count). The number of ether oxygens (including phenoxy) is 3. The Morgan fingerprint density at radius 2 is 1.61 bits per heavy atom. The number of hydrogen-bond acceptors (Lipinski definition) is 5. The van der Waals surface area contributed by atoms with Gasteiger partial charge >= 0.3 is 11.9 Å². The normalized spacial score (nSPS) is 10.7. The SMILES string of the molecule is CCCCOCCOCCOC(=O)/C=C\C(=O)O. The summed E-state index contributed by atoms with van der Waals surface area (Å²) >= 11 is 0. The predicted octanol–water partition coefficient (Wildman–Crippen LogP) is 1.00. The van der Waals surface area contributed by atoms with Crippen LogP contribution < -0.4 is 0 Å². The molecule has 104 valence electrons. The van der Waals surface area contributed by atoms with Gasteiger partial charge < -0.3 is 19.3 Å². The molecule has 0 aromatic carbocycles. The molecule has 0 atom stereocenters. The third kappa shape index (κ3) is 12.7. The predicted molar refractivity (Wildman–Crippen MR) is 64.3 cm³/mol. The second kappa shape index (κ2) is 12.1. The lowest BCUT2D eigenvalue weighted by Crippen LogP contribution is -2.12. The Bertz CT molecular complexity index is 261. The van der Waals surface area contributed by atoms with Crippen LogP contribution in [-0.2, 0) is 23.8 Å². The van der Waals surface area contributed by atoms with E-state index in [0.717, 1.165) is 31.6 Å². The lowest BCUT2D eigenvalue weighted by molar-refractivity contribution is -0.140.